The fourth-order valence-electron chi connectivity index (χ4n) is 2.67. The highest BCUT2D eigenvalue weighted by Gasteiger charge is 2.06. The van der Waals surface area contributed by atoms with E-state index in [0.717, 1.165) is 37.4 Å². The molecule has 120 valence electrons. The maximum atomic E-state index is 5.26. The van der Waals surface area contributed by atoms with Crippen molar-refractivity contribution in [2.75, 3.05) is 19.0 Å². The first-order valence-corrected chi connectivity index (χ1v) is 8.01. The highest BCUT2D eigenvalue weighted by molar-refractivity contribution is 5.83. The van der Waals surface area contributed by atoms with Crippen LogP contribution in [-0.4, -0.2) is 28.6 Å². The molecule has 23 heavy (non-hydrogen) atoms. The molecule has 0 fully saturated rings. The van der Waals surface area contributed by atoms with Gasteiger partial charge in [-0.3, -0.25) is 0 Å². The van der Waals surface area contributed by atoms with E-state index in [4.69, 9.17) is 4.74 Å². The van der Waals surface area contributed by atoms with Gasteiger partial charge < -0.3 is 15.0 Å². The maximum Gasteiger partial charge on any atom is 0.218 e. The van der Waals surface area contributed by atoms with Gasteiger partial charge in [-0.1, -0.05) is 25.1 Å². The Kier molecular flexibility index (Phi) is 4.76. The largest absolute Gasteiger partial charge is 0.481 e. The number of rotatable bonds is 7. The summed E-state index contributed by atoms with van der Waals surface area (Å²) in [6.07, 6.45) is 4.88. The summed E-state index contributed by atoms with van der Waals surface area (Å²) in [4.78, 5) is 12.2. The number of anilines is 1. The van der Waals surface area contributed by atoms with Crippen molar-refractivity contribution in [1.82, 2.24) is 15.0 Å². The Bertz CT molecular complexity index is 782. The van der Waals surface area contributed by atoms with Crippen LogP contribution < -0.4 is 10.1 Å². The smallest absolute Gasteiger partial charge is 0.218 e. The highest BCUT2D eigenvalue weighted by Crippen LogP contribution is 2.19. The second-order valence-corrected chi connectivity index (χ2v) is 5.50. The average Bonchev–Trinajstić information content (AvgIpc) is 2.98. The molecule has 5 nitrogen and oxygen atoms in total. The van der Waals surface area contributed by atoms with Crippen molar-refractivity contribution in [3.63, 3.8) is 0 Å². The van der Waals surface area contributed by atoms with Gasteiger partial charge in [0.05, 0.1) is 7.11 Å². The van der Waals surface area contributed by atoms with E-state index >= 15 is 0 Å². The lowest BCUT2D eigenvalue weighted by Gasteiger charge is -2.09. The van der Waals surface area contributed by atoms with Gasteiger partial charge in [-0.25, -0.2) is 4.98 Å². The van der Waals surface area contributed by atoms with Gasteiger partial charge in [-0.2, -0.15) is 4.98 Å². The summed E-state index contributed by atoms with van der Waals surface area (Å²) >= 11 is 0. The zero-order valence-corrected chi connectivity index (χ0v) is 13.6. The number of nitrogens with zero attached hydrogens (tertiary/aromatic N) is 2. The third-order valence-electron chi connectivity index (χ3n) is 3.81. The monoisotopic (exact) mass is 310 g/mol. The number of hydrogen-bond donors (Lipinski definition) is 2. The van der Waals surface area contributed by atoms with Crippen molar-refractivity contribution in [3.05, 3.63) is 47.9 Å². The molecule has 0 radical (unpaired) electrons. The number of nitrogens with one attached hydrogen (secondary N) is 2. The van der Waals surface area contributed by atoms with Crippen LogP contribution in [0.1, 0.15) is 24.7 Å². The molecular formula is C18H22N4O. The fourth-order valence-corrected chi connectivity index (χ4v) is 2.67. The summed E-state index contributed by atoms with van der Waals surface area (Å²) in [5.74, 6) is 2.25. The molecule has 0 saturated heterocycles. The molecule has 3 aromatic rings. The van der Waals surface area contributed by atoms with E-state index in [9.17, 15) is 0 Å². The van der Waals surface area contributed by atoms with Crippen molar-refractivity contribution >= 4 is 16.7 Å². The lowest BCUT2D eigenvalue weighted by Crippen LogP contribution is -2.08. The topological polar surface area (TPSA) is 62.8 Å². The van der Waals surface area contributed by atoms with E-state index in [1.54, 1.807) is 7.11 Å². The number of fused-ring (bicyclic) bond motifs is 1. The Morgan fingerprint density at radius 1 is 1.17 bits per heavy atom. The molecule has 0 aliphatic rings. The van der Waals surface area contributed by atoms with Crippen LogP contribution in [0.2, 0.25) is 0 Å². The third kappa shape index (κ3) is 3.62. The van der Waals surface area contributed by atoms with Gasteiger partial charge in [-0.15, -0.1) is 0 Å². The van der Waals surface area contributed by atoms with Crippen LogP contribution in [0, 0.1) is 0 Å². The van der Waals surface area contributed by atoms with Gasteiger partial charge in [-0.05, 0) is 24.5 Å². The van der Waals surface area contributed by atoms with E-state index < -0.39 is 0 Å². The minimum Gasteiger partial charge on any atom is -0.481 e. The molecular weight excluding hydrogens is 288 g/mol. The SMILES string of the molecule is CCCc1nc(NCCc2c[nH]c3ccccc23)cc(OC)n1. The minimum absolute atomic E-state index is 0.609. The summed E-state index contributed by atoms with van der Waals surface area (Å²) in [5.41, 5.74) is 2.49. The number of H-pyrrole nitrogens is 1. The summed E-state index contributed by atoms with van der Waals surface area (Å²) in [6, 6.07) is 10.2. The second kappa shape index (κ2) is 7.13. The van der Waals surface area contributed by atoms with Crippen LogP contribution in [0.3, 0.4) is 0 Å². The zero-order chi connectivity index (χ0) is 16.1. The molecule has 0 saturated carbocycles. The van der Waals surface area contributed by atoms with Crippen LogP contribution in [0.25, 0.3) is 10.9 Å². The molecule has 0 bridgehead atoms. The summed E-state index contributed by atoms with van der Waals surface area (Å²) < 4.78 is 5.26. The number of ether oxygens (including phenoxy) is 1. The standard InChI is InChI=1S/C18H22N4O/c1-3-6-16-21-17(11-18(22-16)23-2)19-10-9-13-12-20-15-8-5-4-7-14(13)15/h4-5,7-8,11-12,20H,3,6,9-10H2,1-2H3,(H,19,21,22). The molecule has 0 unspecified atom stereocenters. The van der Waals surface area contributed by atoms with E-state index in [0.29, 0.717) is 5.88 Å². The molecule has 0 aliphatic heterocycles. The summed E-state index contributed by atoms with van der Waals surface area (Å²) in [6.45, 7) is 2.93. The Balaban J connectivity index is 1.67. The molecule has 2 heterocycles. The van der Waals surface area contributed by atoms with Gasteiger partial charge in [0.25, 0.3) is 0 Å². The van der Waals surface area contributed by atoms with Crippen molar-refractivity contribution in [1.29, 1.82) is 0 Å². The van der Waals surface area contributed by atoms with Crippen LogP contribution in [0.5, 0.6) is 5.88 Å². The van der Waals surface area contributed by atoms with Crippen molar-refractivity contribution < 1.29 is 4.74 Å². The quantitative estimate of drug-likeness (QED) is 0.700. The maximum absolute atomic E-state index is 5.26. The summed E-state index contributed by atoms with van der Waals surface area (Å²) in [7, 11) is 1.63. The molecule has 2 N–H and O–H groups in total. The molecule has 0 spiro atoms. The van der Waals surface area contributed by atoms with Crippen LogP contribution in [-0.2, 0) is 12.8 Å². The lowest BCUT2D eigenvalue weighted by molar-refractivity contribution is 0.395. The Labute approximate surface area is 136 Å². The van der Waals surface area contributed by atoms with E-state index in [1.165, 1.54) is 16.5 Å². The van der Waals surface area contributed by atoms with Gasteiger partial charge in [0.2, 0.25) is 5.88 Å². The molecule has 3 rings (SSSR count). The van der Waals surface area contributed by atoms with Crippen LogP contribution in [0.4, 0.5) is 5.82 Å². The first-order valence-electron chi connectivity index (χ1n) is 8.01. The van der Waals surface area contributed by atoms with Gasteiger partial charge in [0.15, 0.2) is 0 Å². The molecule has 0 aliphatic carbocycles. The average molecular weight is 310 g/mol. The van der Waals surface area contributed by atoms with Crippen molar-refractivity contribution in [2.24, 2.45) is 0 Å². The Morgan fingerprint density at radius 3 is 2.87 bits per heavy atom. The van der Waals surface area contributed by atoms with Gasteiger partial charge in [0, 0.05) is 36.1 Å². The second-order valence-electron chi connectivity index (χ2n) is 5.50. The number of para-hydroxylation sites is 1. The molecule has 1 aromatic carbocycles. The van der Waals surface area contributed by atoms with Gasteiger partial charge >= 0.3 is 0 Å². The fraction of sp³-hybridized carbons (Fsp3) is 0.333. The molecule has 0 atom stereocenters. The minimum atomic E-state index is 0.609. The van der Waals surface area contributed by atoms with E-state index in [-0.39, 0.29) is 0 Å². The van der Waals surface area contributed by atoms with Crippen molar-refractivity contribution in [3.8, 4) is 5.88 Å². The summed E-state index contributed by atoms with van der Waals surface area (Å²) in [5, 5.41) is 4.66. The number of benzene rings is 1. The Morgan fingerprint density at radius 2 is 2.04 bits per heavy atom. The van der Waals surface area contributed by atoms with E-state index in [1.807, 2.05) is 12.1 Å². The van der Waals surface area contributed by atoms with Crippen LogP contribution in [0.15, 0.2) is 36.5 Å². The predicted molar refractivity (Wildman–Crippen MR) is 93.1 cm³/mol. The van der Waals surface area contributed by atoms with Gasteiger partial charge in [0.1, 0.15) is 11.6 Å². The van der Waals surface area contributed by atoms with Crippen LogP contribution >= 0.6 is 0 Å². The first kappa shape index (κ1) is 15.3. The molecule has 2 aromatic heterocycles. The Hall–Kier alpha value is -2.56. The van der Waals surface area contributed by atoms with E-state index in [2.05, 4.69) is 51.6 Å². The number of aromatic nitrogens is 3. The normalized spacial score (nSPS) is 10.9. The third-order valence-corrected chi connectivity index (χ3v) is 3.81. The molecule has 5 heteroatoms. The lowest BCUT2D eigenvalue weighted by atomic mass is 10.1. The number of hydrogen-bond acceptors (Lipinski definition) is 4. The predicted octanol–water partition coefficient (Wildman–Crippen LogP) is 3.57. The zero-order valence-electron chi connectivity index (χ0n) is 13.6. The first-order chi connectivity index (χ1) is 11.3. The number of methoxy groups -OCH3 is 1. The molecule has 0 amide bonds. The highest BCUT2D eigenvalue weighted by atomic mass is 16.5. The number of aryl methyl sites for hydroxylation is 1. The van der Waals surface area contributed by atoms with Crippen molar-refractivity contribution in [2.45, 2.75) is 26.2 Å². The number of aromatic amines is 1.